The van der Waals surface area contributed by atoms with Gasteiger partial charge in [-0.05, 0) is 24.3 Å². The van der Waals surface area contributed by atoms with E-state index in [2.05, 4.69) is 15.1 Å². The molecule has 0 saturated carbocycles. The molecule has 0 bridgehead atoms. The smallest absolute Gasteiger partial charge is 0.276 e. The summed E-state index contributed by atoms with van der Waals surface area (Å²) in [6.45, 7) is 1.60. The monoisotopic (exact) mass is 344 g/mol. The van der Waals surface area contributed by atoms with E-state index in [9.17, 15) is 4.79 Å². The normalized spacial score (nSPS) is 15.7. The minimum absolute atomic E-state index is 0.0860. The molecule has 7 nitrogen and oxygen atoms in total. The number of benzene rings is 1. The van der Waals surface area contributed by atoms with E-state index in [0.717, 1.165) is 22.8 Å². The second-order valence-corrected chi connectivity index (χ2v) is 6.18. The highest BCUT2D eigenvalue weighted by Crippen LogP contribution is 2.33. The van der Waals surface area contributed by atoms with Crippen LogP contribution in [0.5, 0.6) is 0 Å². The number of hydrogen-bond donors (Lipinski definition) is 0. The molecule has 26 heavy (non-hydrogen) atoms. The second-order valence-electron chi connectivity index (χ2n) is 6.18. The predicted molar refractivity (Wildman–Crippen MR) is 97.5 cm³/mol. The predicted octanol–water partition coefficient (Wildman–Crippen LogP) is 2.47. The largest absolute Gasteiger partial charge is 0.331 e. The first-order valence-corrected chi connectivity index (χ1v) is 8.50. The van der Waals surface area contributed by atoms with Gasteiger partial charge < -0.3 is 0 Å². The van der Waals surface area contributed by atoms with Crippen LogP contribution in [0.1, 0.15) is 11.3 Å². The topological polar surface area (TPSA) is 66.6 Å². The summed E-state index contributed by atoms with van der Waals surface area (Å²) in [5, 5.41) is 4.55. The van der Waals surface area contributed by atoms with E-state index in [0.29, 0.717) is 25.5 Å². The molecular weight excluding hydrogens is 328 g/mol. The van der Waals surface area contributed by atoms with E-state index in [4.69, 9.17) is 0 Å². The van der Waals surface area contributed by atoms with Crippen LogP contribution in [0, 0.1) is 0 Å². The van der Waals surface area contributed by atoms with Crippen LogP contribution in [0.3, 0.4) is 0 Å². The minimum atomic E-state index is -0.0860. The molecule has 0 N–H and O–H groups in total. The Bertz CT molecular complexity index is 995. The van der Waals surface area contributed by atoms with E-state index in [1.165, 1.54) is 0 Å². The molecular formula is C19H16N6O. The Kier molecular flexibility index (Phi) is 3.31. The summed E-state index contributed by atoms with van der Waals surface area (Å²) < 4.78 is 1.80. The molecule has 0 aliphatic carbocycles. The molecule has 0 atom stereocenters. The summed E-state index contributed by atoms with van der Waals surface area (Å²) in [4.78, 5) is 25.5. The molecule has 0 fully saturated rings. The Morgan fingerprint density at radius 3 is 2.69 bits per heavy atom. The van der Waals surface area contributed by atoms with Crippen LogP contribution in [-0.4, -0.2) is 44.6 Å². The van der Waals surface area contributed by atoms with Crippen molar-refractivity contribution in [2.24, 2.45) is 4.99 Å². The lowest BCUT2D eigenvalue weighted by Gasteiger charge is -2.33. The lowest BCUT2D eigenvalue weighted by atomic mass is 10.2. The van der Waals surface area contributed by atoms with Gasteiger partial charge in [-0.25, -0.2) is 9.48 Å². The highest BCUT2D eigenvalue weighted by molar-refractivity contribution is 6.19. The Balaban J connectivity index is 1.67. The van der Waals surface area contributed by atoms with Gasteiger partial charge in [0.05, 0.1) is 36.2 Å². The number of fused-ring (bicyclic) bond motifs is 3. The first-order chi connectivity index (χ1) is 12.8. The van der Waals surface area contributed by atoms with Gasteiger partial charge in [0.25, 0.3) is 0 Å². The molecule has 0 unspecified atom stereocenters. The molecule has 1 aromatic carbocycles. The number of aliphatic imine (C=N–C) groups is 1. The van der Waals surface area contributed by atoms with Crippen LogP contribution in [-0.2, 0) is 6.54 Å². The first-order valence-electron chi connectivity index (χ1n) is 8.50. The number of amidine groups is 1. The number of carbonyl (C=O) groups excluding carboxylic acids is 1. The van der Waals surface area contributed by atoms with E-state index >= 15 is 0 Å². The molecule has 2 aromatic heterocycles. The quantitative estimate of drug-likeness (QED) is 0.733. The summed E-state index contributed by atoms with van der Waals surface area (Å²) in [6.07, 6.45) is 3.53. The molecule has 2 amide bonds. The van der Waals surface area contributed by atoms with E-state index in [1.54, 1.807) is 26.9 Å². The number of pyridine rings is 1. The number of amides is 2. The van der Waals surface area contributed by atoms with Gasteiger partial charge in [0.15, 0.2) is 5.82 Å². The molecule has 0 saturated heterocycles. The van der Waals surface area contributed by atoms with E-state index < -0.39 is 0 Å². The molecule has 5 rings (SSSR count). The Labute approximate surface area is 150 Å². The third kappa shape index (κ3) is 2.21. The van der Waals surface area contributed by atoms with Crippen molar-refractivity contribution in [3.8, 4) is 5.69 Å². The van der Waals surface area contributed by atoms with Gasteiger partial charge in [0.1, 0.15) is 5.84 Å². The highest BCUT2D eigenvalue weighted by Gasteiger charge is 2.40. The van der Waals surface area contributed by atoms with Gasteiger partial charge in [-0.3, -0.25) is 19.8 Å². The van der Waals surface area contributed by atoms with Crippen molar-refractivity contribution in [1.29, 1.82) is 0 Å². The van der Waals surface area contributed by atoms with Crippen LogP contribution >= 0.6 is 0 Å². The molecule has 0 spiro atoms. The van der Waals surface area contributed by atoms with Crippen molar-refractivity contribution in [2.75, 3.05) is 18.0 Å². The van der Waals surface area contributed by atoms with Crippen LogP contribution in [0.15, 0.2) is 65.9 Å². The standard InChI is InChI=1S/C19H16N6O/c26-19-23-11-10-21-17(23)16-12-22-25(15-7-2-1-3-8-15)18(16)24(19)13-14-6-4-5-9-20-14/h1-9,12H,10-11,13H2. The van der Waals surface area contributed by atoms with E-state index in [1.807, 2.05) is 48.5 Å². The Hall–Kier alpha value is -3.48. The van der Waals surface area contributed by atoms with Gasteiger partial charge in [0, 0.05) is 12.7 Å². The van der Waals surface area contributed by atoms with Crippen molar-refractivity contribution in [3.63, 3.8) is 0 Å². The van der Waals surface area contributed by atoms with Crippen LogP contribution in [0.25, 0.3) is 5.69 Å². The van der Waals surface area contributed by atoms with Gasteiger partial charge in [-0.15, -0.1) is 0 Å². The van der Waals surface area contributed by atoms with Gasteiger partial charge in [-0.2, -0.15) is 5.10 Å². The van der Waals surface area contributed by atoms with Crippen molar-refractivity contribution in [2.45, 2.75) is 6.54 Å². The Morgan fingerprint density at radius 1 is 1.04 bits per heavy atom. The fourth-order valence-corrected chi connectivity index (χ4v) is 3.41. The fourth-order valence-electron chi connectivity index (χ4n) is 3.41. The van der Waals surface area contributed by atoms with Gasteiger partial charge in [-0.1, -0.05) is 24.3 Å². The van der Waals surface area contributed by atoms with Crippen molar-refractivity contribution >= 4 is 17.7 Å². The molecule has 2 aliphatic heterocycles. The summed E-state index contributed by atoms with van der Waals surface area (Å²) in [5.41, 5.74) is 2.61. The molecule has 3 aromatic rings. The van der Waals surface area contributed by atoms with Crippen molar-refractivity contribution in [1.82, 2.24) is 19.7 Å². The third-order valence-electron chi connectivity index (χ3n) is 4.59. The fraction of sp³-hybridized carbons (Fsp3) is 0.158. The number of hydrogen-bond acceptors (Lipinski definition) is 4. The van der Waals surface area contributed by atoms with Crippen molar-refractivity contribution in [3.05, 3.63) is 72.2 Å². The van der Waals surface area contributed by atoms with E-state index in [-0.39, 0.29) is 6.03 Å². The lowest BCUT2D eigenvalue weighted by molar-refractivity contribution is 0.228. The molecule has 2 aliphatic rings. The minimum Gasteiger partial charge on any atom is -0.276 e. The maximum absolute atomic E-state index is 13.2. The Morgan fingerprint density at radius 2 is 1.88 bits per heavy atom. The average Bonchev–Trinajstić information content (AvgIpc) is 3.34. The zero-order chi connectivity index (χ0) is 17.5. The third-order valence-corrected chi connectivity index (χ3v) is 4.59. The molecule has 7 heteroatoms. The number of urea groups is 1. The highest BCUT2D eigenvalue weighted by atomic mass is 16.2. The first kappa shape index (κ1) is 14.8. The zero-order valence-electron chi connectivity index (χ0n) is 14.0. The van der Waals surface area contributed by atoms with Crippen LogP contribution in [0.2, 0.25) is 0 Å². The summed E-state index contributed by atoms with van der Waals surface area (Å²) in [7, 11) is 0. The number of para-hydroxylation sites is 1. The van der Waals surface area contributed by atoms with Crippen molar-refractivity contribution < 1.29 is 4.79 Å². The number of rotatable bonds is 3. The SMILES string of the molecule is O=C1N2CCN=C2c2cnn(-c3ccccc3)c2N1Cc1ccccn1. The average molecular weight is 344 g/mol. The molecule has 0 radical (unpaired) electrons. The number of nitrogens with zero attached hydrogens (tertiary/aromatic N) is 6. The molecule has 128 valence electrons. The van der Waals surface area contributed by atoms with Crippen LogP contribution < -0.4 is 4.90 Å². The number of aromatic nitrogens is 3. The second kappa shape index (κ2) is 5.80. The maximum Gasteiger partial charge on any atom is 0.331 e. The van der Waals surface area contributed by atoms with Crippen LogP contribution in [0.4, 0.5) is 10.6 Å². The summed E-state index contributed by atoms with van der Waals surface area (Å²) in [6, 6.07) is 15.4. The lowest BCUT2D eigenvalue weighted by Crippen LogP contribution is -2.50. The zero-order valence-corrected chi connectivity index (χ0v) is 14.0. The number of carbonyl (C=O) groups is 1. The number of anilines is 1. The van der Waals surface area contributed by atoms with Gasteiger partial charge in [0.2, 0.25) is 0 Å². The maximum atomic E-state index is 13.2. The summed E-state index contributed by atoms with van der Waals surface area (Å²) >= 11 is 0. The van der Waals surface area contributed by atoms with Gasteiger partial charge >= 0.3 is 6.03 Å². The summed E-state index contributed by atoms with van der Waals surface area (Å²) in [5.74, 6) is 1.45. The molecule has 4 heterocycles.